The van der Waals surface area contributed by atoms with E-state index in [1.165, 1.54) is 4.90 Å². The van der Waals surface area contributed by atoms with Crippen LogP contribution in [0.2, 0.25) is 5.02 Å². The molecule has 3 N–H and O–H groups in total. The van der Waals surface area contributed by atoms with Gasteiger partial charge < -0.3 is 20.6 Å². The van der Waals surface area contributed by atoms with E-state index in [9.17, 15) is 19.5 Å². The molecule has 184 valence electrons. The Morgan fingerprint density at radius 3 is 2.54 bits per heavy atom. The Morgan fingerprint density at radius 2 is 1.89 bits per heavy atom. The van der Waals surface area contributed by atoms with Crippen molar-refractivity contribution in [3.8, 4) is 0 Å². The van der Waals surface area contributed by atoms with Gasteiger partial charge in [-0.25, -0.2) is 0 Å². The van der Waals surface area contributed by atoms with Crippen LogP contribution in [0.4, 0.5) is 5.69 Å². The third kappa shape index (κ3) is 3.79. The van der Waals surface area contributed by atoms with Crippen LogP contribution in [0.1, 0.15) is 18.0 Å². The van der Waals surface area contributed by atoms with Crippen LogP contribution < -0.4 is 10.6 Å². The van der Waals surface area contributed by atoms with Gasteiger partial charge in [-0.3, -0.25) is 14.4 Å². The third-order valence-corrected chi connectivity index (χ3v) is 10.9. The summed E-state index contributed by atoms with van der Waals surface area (Å²) in [5.74, 6) is -2.12. The summed E-state index contributed by atoms with van der Waals surface area (Å²) in [4.78, 5) is 42.6. The summed E-state index contributed by atoms with van der Waals surface area (Å²) in [6.45, 7) is -0.356. The molecule has 10 heteroatoms. The molecular weight excluding hydrogens is 554 g/mol. The van der Waals surface area contributed by atoms with E-state index in [0.717, 1.165) is 5.56 Å². The van der Waals surface area contributed by atoms with Gasteiger partial charge in [0.25, 0.3) is 0 Å². The summed E-state index contributed by atoms with van der Waals surface area (Å²) >= 11 is 11.6. The van der Waals surface area contributed by atoms with Gasteiger partial charge in [-0.15, -0.1) is 11.8 Å². The number of likely N-dealkylation sites (tertiary alicyclic amines) is 1. The fourth-order valence-corrected chi connectivity index (χ4v) is 9.75. The minimum Gasteiger partial charge on any atom is -0.394 e. The van der Waals surface area contributed by atoms with Gasteiger partial charge in [0, 0.05) is 17.1 Å². The van der Waals surface area contributed by atoms with Crippen molar-refractivity contribution in [2.24, 2.45) is 11.8 Å². The number of alkyl halides is 1. The Hall–Kier alpha value is -2.07. The molecule has 2 aromatic carbocycles. The monoisotopic (exact) mass is 577 g/mol. The number of thioether (sulfide) groups is 1. The second-order valence-corrected chi connectivity index (χ2v) is 12.2. The molecule has 3 aliphatic heterocycles. The lowest BCUT2D eigenvalue weighted by Gasteiger charge is -2.37. The van der Waals surface area contributed by atoms with Gasteiger partial charge in [-0.2, -0.15) is 0 Å². The van der Waals surface area contributed by atoms with E-state index in [1.54, 1.807) is 43.1 Å². The maximum atomic E-state index is 14.1. The van der Waals surface area contributed by atoms with Crippen molar-refractivity contribution in [2.75, 3.05) is 19.0 Å². The zero-order valence-electron chi connectivity index (χ0n) is 18.9. The van der Waals surface area contributed by atoms with E-state index in [1.807, 2.05) is 30.3 Å². The fourth-order valence-electron chi connectivity index (χ4n) is 5.96. The van der Waals surface area contributed by atoms with E-state index in [4.69, 9.17) is 11.6 Å². The van der Waals surface area contributed by atoms with Crippen molar-refractivity contribution in [2.45, 2.75) is 33.3 Å². The van der Waals surface area contributed by atoms with Crippen molar-refractivity contribution in [1.29, 1.82) is 0 Å². The maximum Gasteiger partial charge on any atom is 0.248 e. The molecule has 2 aromatic rings. The molecule has 7 atom stereocenters. The summed E-state index contributed by atoms with van der Waals surface area (Å²) in [7, 11) is 1.56. The van der Waals surface area contributed by atoms with Crippen LogP contribution in [0, 0.1) is 11.8 Å². The Balaban J connectivity index is 1.62. The topological polar surface area (TPSA) is 98.7 Å². The second-order valence-electron chi connectivity index (χ2n) is 9.10. The Kier molecular flexibility index (Phi) is 6.63. The van der Waals surface area contributed by atoms with Crippen LogP contribution >= 0.6 is 39.3 Å². The first-order valence-corrected chi connectivity index (χ1v) is 13.6. The van der Waals surface area contributed by atoms with Crippen molar-refractivity contribution < 1.29 is 19.5 Å². The predicted molar refractivity (Wildman–Crippen MR) is 139 cm³/mol. The Bertz CT molecular complexity index is 1170. The number of nitrogens with zero attached hydrogens (tertiary/aromatic N) is 1. The number of para-hydroxylation sites is 1. The first-order valence-electron chi connectivity index (χ1n) is 11.4. The molecule has 0 aliphatic carbocycles. The van der Waals surface area contributed by atoms with Crippen LogP contribution in [0.5, 0.6) is 0 Å². The first kappa shape index (κ1) is 24.6. The van der Waals surface area contributed by atoms with Crippen LogP contribution in [0.25, 0.3) is 0 Å². The minimum atomic E-state index is -0.904. The number of carbonyl (C=O) groups excluding carboxylic acids is 3. The highest BCUT2D eigenvalue weighted by atomic mass is 79.9. The van der Waals surface area contributed by atoms with Gasteiger partial charge >= 0.3 is 0 Å². The predicted octanol–water partition coefficient (Wildman–Crippen LogP) is 3.22. The summed E-state index contributed by atoms with van der Waals surface area (Å²) in [6, 6.07) is 14.5. The summed E-state index contributed by atoms with van der Waals surface area (Å²) in [5.41, 5.74) is 1.17. The minimum absolute atomic E-state index is 0.0290. The molecular formula is C25H25BrClN3O4S. The number of anilines is 1. The molecule has 2 bridgehead atoms. The number of carbonyl (C=O) groups is 3. The van der Waals surface area contributed by atoms with Crippen molar-refractivity contribution in [3.63, 3.8) is 0 Å². The zero-order valence-corrected chi connectivity index (χ0v) is 22.0. The van der Waals surface area contributed by atoms with Gasteiger partial charge in [-0.1, -0.05) is 70.0 Å². The zero-order chi connectivity index (χ0) is 24.9. The van der Waals surface area contributed by atoms with Crippen molar-refractivity contribution in [3.05, 3.63) is 65.2 Å². The number of amides is 3. The maximum absolute atomic E-state index is 14.1. The van der Waals surface area contributed by atoms with E-state index in [2.05, 4.69) is 26.6 Å². The van der Waals surface area contributed by atoms with Gasteiger partial charge in [0.15, 0.2) is 0 Å². The van der Waals surface area contributed by atoms with Crippen molar-refractivity contribution in [1.82, 2.24) is 10.2 Å². The first-order chi connectivity index (χ1) is 16.8. The molecule has 3 saturated heterocycles. The van der Waals surface area contributed by atoms with Gasteiger partial charge in [0.05, 0.1) is 39.9 Å². The normalized spacial score (nSPS) is 31.8. The molecule has 3 fully saturated rings. The molecule has 5 rings (SSSR count). The lowest BCUT2D eigenvalue weighted by atomic mass is 9.70. The highest BCUT2D eigenvalue weighted by Crippen LogP contribution is 2.68. The van der Waals surface area contributed by atoms with E-state index < -0.39 is 28.7 Å². The van der Waals surface area contributed by atoms with Gasteiger partial charge in [0.1, 0.15) is 6.04 Å². The molecule has 1 spiro atoms. The van der Waals surface area contributed by atoms with E-state index in [-0.39, 0.29) is 34.4 Å². The fraction of sp³-hybridized carbons (Fsp3) is 0.400. The number of hydrogen-bond acceptors (Lipinski definition) is 5. The van der Waals surface area contributed by atoms with Crippen LogP contribution in [0.3, 0.4) is 0 Å². The standard InChI is InChI=1S/C25H25BrClN3O4S/c1-28-22(32)18-19-24(34)30(17(12-31)13-7-3-2-4-8-13)21(25(19)11-14(26)20(18)35-25)23(33)29-16-10-6-5-9-15(16)27/h2-10,14,17-21,31H,11-12H2,1H3,(H,28,32)(H,29,33)/t14?,17-,18-,19+,20-,21?,25?/m1/s1. The number of fused-ring (bicyclic) bond motifs is 1. The van der Waals surface area contributed by atoms with Gasteiger partial charge in [-0.05, 0) is 24.1 Å². The smallest absolute Gasteiger partial charge is 0.248 e. The number of aliphatic hydroxyl groups is 1. The number of aliphatic hydroxyl groups excluding tert-OH is 1. The molecule has 3 amide bonds. The van der Waals surface area contributed by atoms with E-state index in [0.29, 0.717) is 17.1 Å². The average Bonchev–Trinajstić information content (AvgIpc) is 3.45. The molecule has 0 radical (unpaired) electrons. The SMILES string of the molecule is CNC(=O)[C@H]1[C@@H]2SC3(CC2Br)C(C(=O)Nc2ccccc2Cl)N([C@H](CO)c2ccccc2)C(=O)[C@H]13. The Labute approximate surface area is 221 Å². The van der Waals surface area contributed by atoms with Crippen LogP contribution in [-0.2, 0) is 14.4 Å². The number of benzene rings is 2. The molecule has 7 nitrogen and oxygen atoms in total. The lowest BCUT2D eigenvalue weighted by molar-refractivity contribution is -0.142. The van der Waals surface area contributed by atoms with Gasteiger partial charge in [0.2, 0.25) is 17.7 Å². The number of rotatable bonds is 6. The quantitative estimate of drug-likeness (QED) is 0.457. The second kappa shape index (κ2) is 9.42. The van der Waals surface area contributed by atoms with Crippen LogP contribution in [-0.4, -0.2) is 62.2 Å². The Morgan fingerprint density at radius 1 is 1.20 bits per heavy atom. The molecule has 3 aliphatic rings. The summed E-state index contributed by atoms with van der Waals surface area (Å²) < 4.78 is -0.819. The molecule has 0 aromatic heterocycles. The molecule has 3 heterocycles. The number of nitrogens with one attached hydrogen (secondary N) is 2. The number of hydrogen-bond donors (Lipinski definition) is 3. The average molecular weight is 579 g/mol. The molecule has 0 saturated carbocycles. The lowest BCUT2D eigenvalue weighted by Crippen LogP contribution is -2.53. The molecule has 35 heavy (non-hydrogen) atoms. The summed E-state index contributed by atoms with van der Waals surface area (Å²) in [6.07, 6.45) is 0.552. The highest BCUT2D eigenvalue weighted by molar-refractivity contribution is 9.09. The highest BCUT2D eigenvalue weighted by Gasteiger charge is 2.76. The number of halogens is 2. The largest absolute Gasteiger partial charge is 0.394 e. The van der Waals surface area contributed by atoms with Crippen LogP contribution in [0.15, 0.2) is 54.6 Å². The molecule has 3 unspecified atom stereocenters. The van der Waals surface area contributed by atoms with E-state index >= 15 is 0 Å². The van der Waals surface area contributed by atoms with Crippen molar-refractivity contribution >= 4 is 62.7 Å². The summed E-state index contributed by atoms with van der Waals surface area (Å²) in [5, 5.41) is 16.3. The third-order valence-electron chi connectivity index (χ3n) is 7.35.